The number of phenolic OH excluding ortho intramolecular Hbond substituents is 1. The fraction of sp³-hybridized carbons (Fsp3) is 0.455. The van der Waals surface area contributed by atoms with E-state index >= 15 is 0 Å². The van der Waals surface area contributed by atoms with Gasteiger partial charge in [0.1, 0.15) is 5.75 Å². The number of aliphatic hydroxyl groups is 1. The third kappa shape index (κ3) is 2.01. The fourth-order valence-electron chi connectivity index (χ4n) is 1.49. The summed E-state index contributed by atoms with van der Waals surface area (Å²) < 4.78 is 0. The molecule has 0 heterocycles. The molecule has 2 heteroatoms. The lowest BCUT2D eigenvalue weighted by Crippen LogP contribution is -1.97. The molecule has 72 valence electrons. The van der Waals surface area contributed by atoms with Crippen molar-refractivity contribution >= 4 is 0 Å². The van der Waals surface area contributed by atoms with Crippen LogP contribution in [0.25, 0.3) is 0 Å². The number of aryl methyl sites for hydroxylation is 2. The van der Waals surface area contributed by atoms with E-state index in [0.29, 0.717) is 5.75 Å². The van der Waals surface area contributed by atoms with Gasteiger partial charge < -0.3 is 10.2 Å². The van der Waals surface area contributed by atoms with E-state index < -0.39 is 6.10 Å². The number of rotatable bonds is 2. The Balaban J connectivity index is 3.22. The molecule has 0 saturated carbocycles. The van der Waals surface area contributed by atoms with Gasteiger partial charge in [0.05, 0.1) is 6.10 Å². The zero-order valence-electron chi connectivity index (χ0n) is 8.33. The first kappa shape index (κ1) is 10.1. The fourth-order valence-corrected chi connectivity index (χ4v) is 1.49. The summed E-state index contributed by atoms with van der Waals surface area (Å²) in [5.41, 5.74) is 2.72. The second kappa shape index (κ2) is 3.79. The van der Waals surface area contributed by atoms with Crippen molar-refractivity contribution in [2.75, 3.05) is 0 Å². The average molecular weight is 180 g/mol. The molecule has 0 amide bonds. The molecule has 0 spiro atoms. The zero-order valence-corrected chi connectivity index (χ0v) is 8.33. The van der Waals surface area contributed by atoms with E-state index in [0.717, 1.165) is 23.1 Å². The first-order valence-corrected chi connectivity index (χ1v) is 4.56. The van der Waals surface area contributed by atoms with Crippen LogP contribution in [-0.2, 0) is 6.42 Å². The van der Waals surface area contributed by atoms with Gasteiger partial charge in [-0.15, -0.1) is 0 Å². The summed E-state index contributed by atoms with van der Waals surface area (Å²) in [4.78, 5) is 0. The molecule has 0 saturated heterocycles. The molecule has 0 aliphatic rings. The minimum Gasteiger partial charge on any atom is -0.508 e. The summed E-state index contributed by atoms with van der Waals surface area (Å²) in [6.07, 6.45) is 0.317. The molecule has 0 radical (unpaired) electrons. The van der Waals surface area contributed by atoms with E-state index in [4.69, 9.17) is 0 Å². The highest BCUT2D eigenvalue weighted by Gasteiger charge is 2.08. The van der Waals surface area contributed by atoms with E-state index in [9.17, 15) is 10.2 Å². The van der Waals surface area contributed by atoms with Crippen LogP contribution in [0.5, 0.6) is 5.75 Å². The number of benzene rings is 1. The lowest BCUT2D eigenvalue weighted by Gasteiger charge is -2.12. The second-order valence-electron chi connectivity index (χ2n) is 3.37. The molecule has 0 fully saturated rings. The van der Waals surface area contributed by atoms with Crippen LogP contribution in [0.1, 0.15) is 36.6 Å². The van der Waals surface area contributed by atoms with Gasteiger partial charge in [0, 0.05) is 0 Å². The third-order valence-electron chi connectivity index (χ3n) is 2.30. The van der Waals surface area contributed by atoms with Crippen molar-refractivity contribution in [1.82, 2.24) is 0 Å². The largest absolute Gasteiger partial charge is 0.508 e. The minimum absolute atomic E-state index is 0.324. The Morgan fingerprint density at radius 2 is 2.00 bits per heavy atom. The van der Waals surface area contributed by atoms with Crippen LogP contribution in [0.2, 0.25) is 0 Å². The van der Waals surface area contributed by atoms with Gasteiger partial charge in [-0.3, -0.25) is 0 Å². The molecule has 1 aromatic rings. The molecule has 0 aliphatic carbocycles. The normalized spacial score (nSPS) is 12.9. The SMILES string of the molecule is CCc1cc(C(C)O)c(C)cc1O. The number of phenols is 1. The van der Waals surface area contributed by atoms with Crippen LogP contribution < -0.4 is 0 Å². The lowest BCUT2D eigenvalue weighted by molar-refractivity contribution is 0.198. The second-order valence-corrected chi connectivity index (χ2v) is 3.37. The van der Waals surface area contributed by atoms with Crippen LogP contribution in [0.4, 0.5) is 0 Å². The van der Waals surface area contributed by atoms with Crippen LogP contribution in [0.15, 0.2) is 12.1 Å². The number of aliphatic hydroxyl groups excluding tert-OH is 1. The Hall–Kier alpha value is -1.02. The summed E-state index contributed by atoms with van der Waals surface area (Å²) in [6, 6.07) is 3.58. The van der Waals surface area contributed by atoms with E-state index in [1.54, 1.807) is 13.0 Å². The number of hydrogen-bond acceptors (Lipinski definition) is 2. The van der Waals surface area contributed by atoms with Crippen molar-refractivity contribution < 1.29 is 10.2 Å². The molecule has 1 unspecified atom stereocenters. The summed E-state index contributed by atoms with van der Waals surface area (Å²) in [7, 11) is 0. The molecule has 0 aliphatic heterocycles. The van der Waals surface area contributed by atoms with Gasteiger partial charge >= 0.3 is 0 Å². The molecular weight excluding hydrogens is 164 g/mol. The Labute approximate surface area is 78.8 Å². The maximum Gasteiger partial charge on any atom is 0.119 e. The standard InChI is InChI=1S/C11H16O2/c1-4-9-6-10(8(3)12)7(2)5-11(9)13/h5-6,8,12-13H,4H2,1-3H3. The first-order valence-electron chi connectivity index (χ1n) is 4.56. The maximum absolute atomic E-state index is 9.52. The van der Waals surface area contributed by atoms with Crippen molar-refractivity contribution in [1.29, 1.82) is 0 Å². The molecule has 1 atom stereocenters. The van der Waals surface area contributed by atoms with E-state index in [1.165, 1.54) is 0 Å². The van der Waals surface area contributed by atoms with Crippen molar-refractivity contribution in [3.05, 3.63) is 28.8 Å². The molecule has 0 bridgehead atoms. The highest BCUT2D eigenvalue weighted by molar-refractivity contribution is 5.42. The molecule has 13 heavy (non-hydrogen) atoms. The van der Waals surface area contributed by atoms with Gasteiger partial charge in [-0.2, -0.15) is 0 Å². The van der Waals surface area contributed by atoms with Crippen molar-refractivity contribution in [2.24, 2.45) is 0 Å². The molecular formula is C11H16O2. The van der Waals surface area contributed by atoms with Gasteiger partial charge in [-0.05, 0) is 49.1 Å². The quantitative estimate of drug-likeness (QED) is 0.733. The van der Waals surface area contributed by atoms with E-state index in [-0.39, 0.29) is 0 Å². The van der Waals surface area contributed by atoms with Gasteiger partial charge in [0.25, 0.3) is 0 Å². The maximum atomic E-state index is 9.52. The Morgan fingerprint density at radius 3 is 2.46 bits per heavy atom. The topological polar surface area (TPSA) is 40.5 Å². The monoisotopic (exact) mass is 180 g/mol. The molecule has 0 aromatic heterocycles. The van der Waals surface area contributed by atoms with Gasteiger partial charge in [-0.25, -0.2) is 0 Å². The predicted molar refractivity (Wildman–Crippen MR) is 52.9 cm³/mol. The van der Waals surface area contributed by atoms with Crippen molar-refractivity contribution in [2.45, 2.75) is 33.3 Å². The first-order chi connectivity index (χ1) is 6.06. The molecule has 2 nitrogen and oxygen atoms in total. The lowest BCUT2D eigenvalue weighted by atomic mass is 9.99. The Bertz CT molecular complexity index is 303. The number of aromatic hydroxyl groups is 1. The van der Waals surface area contributed by atoms with Gasteiger partial charge in [0.15, 0.2) is 0 Å². The van der Waals surface area contributed by atoms with E-state index in [2.05, 4.69) is 0 Å². The average Bonchev–Trinajstić information content (AvgIpc) is 2.03. The van der Waals surface area contributed by atoms with E-state index in [1.807, 2.05) is 19.9 Å². The van der Waals surface area contributed by atoms with Gasteiger partial charge in [-0.1, -0.05) is 6.92 Å². The summed E-state index contributed by atoms with van der Waals surface area (Å²) in [6.45, 7) is 5.61. The molecule has 1 rings (SSSR count). The molecule has 2 N–H and O–H groups in total. The smallest absolute Gasteiger partial charge is 0.119 e. The van der Waals surface area contributed by atoms with Crippen LogP contribution >= 0.6 is 0 Å². The minimum atomic E-state index is -0.467. The van der Waals surface area contributed by atoms with Crippen LogP contribution in [0, 0.1) is 6.92 Å². The predicted octanol–water partition coefficient (Wildman–Crippen LogP) is 2.32. The van der Waals surface area contributed by atoms with Gasteiger partial charge in [0.2, 0.25) is 0 Å². The third-order valence-corrected chi connectivity index (χ3v) is 2.30. The summed E-state index contributed by atoms with van der Waals surface area (Å²) in [5, 5.41) is 18.9. The number of hydrogen-bond donors (Lipinski definition) is 2. The zero-order chi connectivity index (χ0) is 10.0. The summed E-state index contributed by atoms with van der Waals surface area (Å²) >= 11 is 0. The highest BCUT2D eigenvalue weighted by atomic mass is 16.3. The summed E-state index contributed by atoms with van der Waals surface area (Å²) in [5.74, 6) is 0.324. The van der Waals surface area contributed by atoms with Crippen LogP contribution in [0.3, 0.4) is 0 Å². The molecule has 1 aromatic carbocycles. The Kier molecular flexibility index (Phi) is 2.94. The highest BCUT2D eigenvalue weighted by Crippen LogP contribution is 2.26. The van der Waals surface area contributed by atoms with Crippen molar-refractivity contribution in [3.8, 4) is 5.75 Å². The van der Waals surface area contributed by atoms with Crippen molar-refractivity contribution in [3.63, 3.8) is 0 Å². The Morgan fingerprint density at radius 1 is 1.38 bits per heavy atom. The van der Waals surface area contributed by atoms with Crippen LogP contribution in [-0.4, -0.2) is 10.2 Å².